The van der Waals surface area contributed by atoms with Crippen LogP contribution in [0.4, 0.5) is 13.2 Å². The van der Waals surface area contributed by atoms with Gasteiger partial charge in [-0.15, -0.1) is 0 Å². The van der Waals surface area contributed by atoms with Crippen LogP contribution in [0, 0.1) is 5.82 Å². The summed E-state index contributed by atoms with van der Waals surface area (Å²) >= 11 is 0. The van der Waals surface area contributed by atoms with Crippen LogP contribution in [-0.2, 0) is 0 Å². The number of rotatable bonds is 1. The van der Waals surface area contributed by atoms with E-state index in [2.05, 4.69) is 4.98 Å². The van der Waals surface area contributed by atoms with Crippen LogP contribution >= 0.6 is 0 Å². The van der Waals surface area contributed by atoms with Crippen molar-refractivity contribution in [1.82, 2.24) is 9.55 Å². The molecule has 0 fully saturated rings. The number of hydrogen-bond donors (Lipinski definition) is 1. The Balaban J connectivity index is 2.56. The van der Waals surface area contributed by atoms with Gasteiger partial charge in [0.1, 0.15) is 17.2 Å². The smallest absolute Gasteiger partial charge is 0.320 e. The molecule has 0 spiro atoms. The topological polar surface area (TPSA) is 38.1 Å². The van der Waals surface area contributed by atoms with E-state index in [0.717, 1.165) is 12.3 Å². The van der Waals surface area contributed by atoms with E-state index in [0.29, 0.717) is 15.3 Å². The van der Waals surface area contributed by atoms with Crippen LogP contribution in [0.1, 0.15) is 6.55 Å². The van der Waals surface area contributed by atoms with E-state index >= 15 is 0 Å². The summed E-state index contributed by atoms with van der Waals surface area (Å²) in [4.78, 5) is 3.70. The average molecular weight is 252 g/mol. The highest BCUT2D eigenvalue weighted by atomic mass is 19.3. The standard InChI is InChI=1S/C12H7F3N2O/c13-6-3-9-8-2-1-7(18)4-10(8)17(12(14)15)11(9)16-5-6/h1-5,12,18H. The Morgan fingerprint density at radius 1 is 1.17 bits per heavy atom. The first-order valence-electron chi connectivity index (χ1n) is 5.14. The van der Waals surface area contributed by atoms with E-state index in [1.54, 1.807) is 0 Å². The van der Waals surface area contributed by atoms with Crippen molar-refractivity contribution in [2.24, 2.45) is 0 Å². The predicted octanol–water partition coefficient (Wildman–Crippen LogP) is 3.43. The number of alkyl halides is 2. The number of halogens is 3. The lowest BCUT2D eigenvalue weighted by molar-refractivity contribution is 0.0790. The lowest BCUT2D eigenvalue weighted by Crippen LogP contribution is -1.98. The molecule has 1 N–H and O–H groups in total. The number of phenolic OH excluding ortho intramolecular Hbond substituents is 1. The Bertz CT molecular complexity index is 752. The van der Waals surface area contributed by atoms with Crippen LogP contribution in [0.15, 0.2) is 30.5 Å². The van der Waals surface area contributed by atoms with Crippen molar-refractivity contribution in [2.45, 2.75) is 6.55 Å². The maximum Gasteiger partial charge on any atom is 0.320 e. The molecule has 0 saturated heterocycles. The molecule has 0 aliphatic carbocycles. The number of benzene rings is 1. The zero-order valence-electron chi connectivity index (χ0n) is 8.94. The number of phenols is 1. The average Bonchev–Trinajstić information content (AvgIpc) is 2.61. The molecule has 0 aliphatic heterocycles. The van der Waals surface area contributed by atoms with Gasteiger partial charge >= 0.3 is 6.55 Å². The van der Waals surface area contributed by atoms with Gasteiger partial charge in [0.2, 0.25) is 0 Å². The molecule has 2 heterocycles. The monoisotopic (exact) mass is 252 g/mol. The predicted molar refractivity (Wildman–Crippen MR) is 60.1 cm³/mol. The Morgan fingerprint density at radius 2 is 1.94 bits per heavy atom. The Hall–Kier alpha value is -2.24. The minimum absolute atomic E-state index is 0.00741. The highest BCUT2D eigenvalue weighted by Crippen LogP contribution is 2.33. The van der Waals surface area contributed by atoms with Gasteiger partial charge in [-0.1, -0.05) is 0 Å². The minimum Gasteiger partial charge on any atom is -0.508 e. The van der Waals surface area contributed by atoms with Crippen LogP contribution in [-0.4, -0.2) is 14.7 Å². The van der Waals surface area contributed by atoms with E-state index < -0.39 is 12.4 Å². The van der Waals surface area contributed by atoms with Gasteiger partial charge in [0, 0.05) is 16.8 Å². The van der Waals surface area contributed by atoms with E-state index in [9.17, 15) is 18.3 Å². The quantitative estimate of drug-likeness (QED) is 0.720. The summed E-state index contributed by atoms with van der Waals surface area (Å²) in [7, 11) is 0. The maximum atomic E-state index is 13.1. The summed E-state index contributed by atoms with van der Waals surface area (Å²) in [6.07, 6.45) is 0.889. The summed E-state index contributed by atoms with van der Waals surface area (Å²) in [5, 5.41) is 10.1. The molecular weight excluding hydrogens is 245 g/mol. The zero-order valence-corrected chi connectivity index (χ0v) is 8.94. The van der Waals surface area contributed by atoms with Crippen molar-refractivity contribution < 1.29 is 18.3 Å². The van der Waals surface area contributed by atoms with Gasteiger partial charge in [0.05, 0.1) is 11.7 Å². The first-order valence-corrected chi connectivity index (χ1v) is 5.14. The summed E-state index contributed by atoms with van der Waals surface area (Å²) in [6, 6.07) is 5.19. The van der Waals surface area contributed by atoms with Crippen LogP contribution in [0.25, 0.3) is 21.9 Å². The maximum absolute atomic E-state index is 13.1. The van der Waals surface area contributed by atoms with Crippen molar-refractivity contribution >= 4 is 21.9 Å². The number of nitrogens with zero attached hydrogens (tertiary/aromatic N) is 2. The molecule has 3 nitrogen and oxygen atoms in total. The third-order valence-corrected chi connectivity index (χ3v) is 2.79. The van der Waals surface area contributed by atoms with Crippen LogP contribution < -0.4 is 0 Å². The first-order chi connectivity index (χ1) is 8.58. The molecule has 0 amide bonds. The second kappa shape index (κ2) is 3.63. The summed E-state index contributed by atoms with van der Waals surface area (Å²) < 4.78 is 39.9. The van der Waals surface area contributed by atoms with E-state index in [-0.39, 0.29) is 16.9 Å². The number of pyridine rings is 1. The van der Waals surface area contributed by atoms with Gasteiger partial charge in [0.15, 0.2) is 0 Å². The van der Waals surface area contributed by atoms with Crippen molar-refractivity contribution in [2.75, 3.05) is 0 Å². The highest BCUT2D eigenvalue weighted by Gasteiger charge is 2.18. The fourth-order valence-corrected chi connectivity index (χ4v) is 2.08. The minimum atomic E-state index is -2.82. The van der Waals surface area contributed by atoms with Gasteiger partial charge in [-0.2, -0.15) is 8.78 Å². The van der Waals surface area contributed by atoms with Gasteiger partial charge in [-0.3, -0.25) is 4.57 Å². The fraction of sp³-hybridized carbons (Fsp3) is 0.0833. The SMILES string of the molecule is Oc1ccc2c3cc(F)cnc3n(C(F)F)c2c1. The number of aromatic nitrogens is 2. The van der Waals surface area contributed by atoms with Gasteiger partial charge < -0.3 is 5.11 Å². The third-order valence-electron chi connectivity index (χ3n) is 2.79. The summed E-state index contributed by atoms with van der Waals surface area (Å²) in [5.74, 6) is -0.725. The zero-order chi connectivity index (χ0) is 12.9. The Kier molecular flexibility index (Phi) is 2.19. The van der Waals surface area contributed by atoms with Crippen molar-refractivity contribution in [3.63, 3.8) is 0 Å². The lowest BCUT2D eigenvalue weighted by atomic mass is 10.2. The normalized spacial score (nSPS) is 11.8. The van der Waals surface area contributed by atoms with E-state index in [1.807, 2.05) is 0 Å². The van der Waals surface area contributed by atoms with Crippen LogP contribution in [0.2, 0.25) is 0 Å². The molecule has 0 saturated carbocycles. The molecule has 0 bridgehead atoms. The van der Waals surface area contributed by atoms with Crippen LogP contribution in [0.3, 0.4) is 0 Å². The molecule has 0 aliphatic rings. The van der Waals surface area contributed by atoms with Crippen molar-refractivity contribution in [1.29, 1.82) is 0 Å². The Morgan fingerprint density at radius 3 is 2.67 bits per heavy atom. The fourth-order valence-electron chi connectivity index (χ4n) is 2.08. The summed E-state index contributed by atoms with van der Waals surface area (Å²) in [6.45, 7) is -2.82. The molecule has 1 aromatic carbocycles. The molecule has 0 unspecified atom stereocenters. The van der Waals surface area contributed by atoms with E-state index in [4.69, 9.17) is 0 Å². The Labute approximate surface area is 99.1 Å². The molecular formula is C12H7F3N2O. The molecule has 6 heteroatoms. The number of fused-ring (bicyclic) bond motifs is 3. The van der Waals surface area contributed by atoms with Crippen molar-refractivity contribution in [3.8, 4) is 5.75 Å². The number of hydrogen-bond acceptors (Lipinski definition) is 2. The van der Waals surface area contributed by atoms with Crippen LogP contribution in [0.5, 0.6) is 5.75 Å². The molecule has 3 rings (SSSR count). The molecule has 18 heavy (non-hydrogen) atoms. The molecule has 92 valence electrons. The molecule has 0 radical (unpaired) electrons. The third kappa shape index (κ3) is 1.42. The van der Waals surface area contributed by atoms with Gasteiger partial charge in [-0.05, 0) is 18.2 Å². The first kappa shape index (κ1) is 10.9. The second-order valence-electron chi connectivity index (χ2n) is 3.87. The van der Waals surface area contributed by atoms with Crippen molar-refractivity contribution in [3.05, 3.63) is 36.3 Å². The van der Waals surface area contributed by atoms with E-state index in [1.165, 1.54) is 18.2 Å². The molecule has 0 atom stereocenters. The summed E-state index contributed by atoms with van der Waals surface area (Å²) in [5.41, 5.74) is 0.116. The van der Waals surface area contributed by atoms with Gasteiger partial charge in [-0.25, -0.2) is 9.37 Å². The molecule has 2 aromatic heterocycles. The lowest BCUT2D eigenvalue weighted by Gasteiger charge is -2.04. The largest absolute Gasteiger partial charge is 0.508 e. The molecule has 3 aromatic rings. The highest BCUT2D eigenvalue weighted by molar-refractivity contribution is 6.07. The van der Waals surface area contributed by atoms with Gasteiger partial charge in [0.25, 0.3) is 0 Å². The second-order valence-corrected chi connectivity index (χ2v) is 3.87. The number of aromatic hydroxyl groups is 1.